The molecule has 0 saturated carbocycles. The SMILES string of the molecule is Cc1nc(COc2ccc(Cl)cc2)sc1C(=O)N1CC(S(C)(=N)=O)C1. The zero-order valence-electron chi connectivity index (χ0n) is 13.8. The fourth-order valence-electron chi connectivity index (χ4n) is 2.42. The normalized spacial score (nSPS) is 17.0. The molecule has 0 radical (unpaired) electrons. The first kappa shape index (κ1) is 18.2. The molecule has 2 aromatic rings. The van der Waals surface area contributed by atoms with Crippen LogP contribution in [0.4, 0.5) is 0 Å². The van der Waals surface area contributed by atoms with E-state index in [1.54, 1.807) is 36.1 Å². The van der Waals surface area contributed by atoms with Crippen LogP contribution >= 0.6 is 22.9 Å². The second-order valence-electron chi connectivity index (χ2n) is 6.00. The molecule has 1 saturated heterocycles. The zero-order chi connectivity index (χ0) is 18.2. The Labute approximate surface area is 155 Å². The number of nitrogens with one attached hydrogen (secondary N) is 1. The summed E-state index contributed by atoms with van der Waals surface area (Å²) >= 11 is 7.14. The van der Waals surface area contributed by atoms with Crippen LogP contribution in [-0.4, -0.2) is 44.6 Å². The number of carbonyl (C=O) groups excluding carboxylic acids is 1. The van der Waals surface area contributed by atoms with Crippen molar-refractivity contribution in [1.29, 1.82) is 4.78 Å². The molecule has 25 heavy (non-hydrogen) atoms. The molecule has 1 fully saturated rings. The van der Waals surface area contributed by atoms with E-state index in [0.717, 1.165) is 0 Å². The van der Waals surface area contributed by atoms with Gasteiger partial charge in [0.1, 0.15) is 22.2 Å². The summed E-state index contributed by atoms with van der Waals surface area (Å²) in [5, 5.41) is 1.12. The molecule has 0 bridgehead atoms. The highest BCUT2D eigenvalue weighted by Gasteiger charge is 2.37. The monoisotopic (exact) mass is 399 g/mol. The highest BCUT2D eigenvalue weighted by molar-refractivity contribution is 7.92. The number of hydrogen-bond acceptors (Lipinski definition) is 6. The van der Waals surface area contributed by atoms with Crippen molar-refractivity contribution in [2.45, 2.75) is 18.8 Å². The van der Waals surface area contributed by atoms with Gasteiger partial charge in [0.2, 0.25) is 0 Å². The molecule has 1 aliphatic heterocycles. The minimum atomic E-state index is -2.60. The Kier molecular flexibility index (Phi) is 5.04. The number of likely N-dealkylation sites (tertiary alicyclic amines) is 1. The van der Waals surface area contributed by atoms with Gasteiger partial charge in [-0.15, -0.1) is 11.3 Å². The Bertz CT molecular complexity index is 888. The molecule has 3 rings (SSSR count). The largest absolute Gasteiger partial charge is 0.486 e. The maximum absolute atomic E-state index is 12.5. The van der Waals surface area contributed by atoms with E-state index < -0.39 is 9.73 Å². The zero-order valence-corrected chi connectivity index (χ0v) is 16.2. The Balaban J connectivity index is 1.62. The van der Waals surface area contributed by atoms with E-state index in [1.165, 1.54) is 17.6 Å². The van der Waals surface area contributed by atoms with Crippen molar-refractivity contribution < 1.29 is 13.7 Å². The summed E-state index contributed by atoms with van der Waals surface area (Å²) in [5.41, 5.74) is 0.663. The van der Waals surface area contributed by atoms with Crippen LogP contribution in [0, 0.1) is 11.7 Å². The number of amides is 1. The average molecular weight is 400 g/mol. The number of thiazole rings is 1. The van der Waals surface area contributed by atoms with E-state index in [2.05, 4.69) is 4.98 Å². The fraction of sp³-hybridized carbons (Fsp3) is 0.375. The van der Waals surface area contributed by atoms with Crippen molar-refractivity contribution in [3.8, 4) is 5.75 Å². The van der Waals surface area contributed by atoms with E-state index in [-0.39, 0.29) is 17.8 Å². The minimum Gasteiger partial charge on any atom is -0.486 e. The van der Waals surface area contributed by atoms with E-state index >= 15 is 0 Å². The molecule has 1 unspecified atom stereocenters. The smallest absolute Gasteiger partial charge is 0.265 e. The first-order valence-electron chi connectivity index (χ1n) is 7.60. The lowest BCUT2D eigenvalue weighted by Crippen LogP contribution is -2.56. The summed E-state index contributed by atoms with van der Waals surface area (Å²) in [6.07, 6.45) is 1.42. The van der Waals surface area contributed by atoms with Crippen LogP contribution in [0.1, 0.15) is 20.4 Å². The predicted octanol–water partition coefficient (Wildman–Crippen LogP) is 3.18. The molecule has 1 aromatic heterocycles. The lowest BCUT2D eigenvalue weighted by Gasteiger charge is -2.38. The minimum absolute atomic E-state index is 0.118. The van der Waals surface area contributed by atoms with Crippen LogP contribution in [0.3, 0.4) is 0 Å². The topological polar surface area (TPSA) is 83.3 Å². The van der Waals surface area contributed by atoms with E-state index in [1.807, 2.05) is 0 Å². The molecular formula is C16H18ClN3O3S2. The van der Waals surface area contributed by atoms with Gasteiger partial charge in [-0.2, -0.15) is 0 Å². The van der Waals surface area contributed by atoms with Crippen molar-refractivity contribution in [3.05, 3.63) is 44.9 Å². The maximum atomic E-state index is 12.5. The molecule has 1 N–H and O–H groups in total. The Morgan fingerprint density at radius 3 is 2.68 bits per heavy atom. The van der Waals surface area contributed by atoms with Crippen LogP contribution in [0.5, 0.6) is 5.75 Å². The number of carbonyl (C=O) groups is 1. The highest BCUT2D eigenvalue weighted by Crippen LogP contribution is 2.26. The molecule has 6 nitrogen and oxygen atoms in total. The summed E-state index contributed by atoms with van der Waals surface area (Å²) < 4.78 is 24.9. The molecule has 1 atom stereocenters. The summed E-state index contributed by atoms with van der Waals surface area (Å²) in [7, 11) is -2.60. The van der Waals surface area contributed by atoms with Gasteiger partial charge in [0.05, 0.1) is 10.9 Å². The fourth-order valence-corrected chi connectivity index (χ4v) is 4.42. The third-order valence-corrected chi connectivity index (χ3v) is 6.92. The molecule has 134 valence electrons. The average Bonchev–Trinajstić information content (AvgIpc) is 2.84. The summed E-state index contributed by atoms with van der Waals surface area (Å²) in [6, 6.07) is 7.05. The van der Waals surface area contributed by atoms with Gasteiger partial charge in [-0.1, -0.05) is 11.6 Å². The second kappa shape index (κ2) is 6.93. The van der Waals surface area contributed by atoms with Gasteiger partial charge >= 0.3 is 0 Å². The van der Waals surface area contributed by atoms with Gasteiger partial charge in [0, 0.05) is 34.1 Å². The van der Waals surface area contributed by atoms with Gasteiger partial charge in [-0.3, -0.25) is 9.57 Å². The number of aryl methyl sites for hydroxylation is 1. The molecule has 9 heteroatoms. The molecule has 2 heterocycles. The molecule has 1 aromatic carbocycles. The number of hydrogen-bond donors (Lipinski definition) is 1. The van der Waals surface area contributed by atoms with Crippen LogP contribution < -0.4 is 4.74 Å². The van der Waals surface area contributed by atoms with Crippen molar-refractivity contribution >= 4 is 38.6 Å². The first-order chi connectivity index (χ1) is 11.7. The summed E-state index contributed by atoms with van der Waals surface area (Å²) in [6.45, 7) is 2.80. The number of halogens is 1. The number of nitrogens with zero attached hydrogens (tertiary/aromatic N) is 2. The molecule has 0 aliphatic carbocycles. The van der Waals surface area contributed by atoms with Crippen molar-refractivity contribution in [3.63, 3.8) is 0 Å². The summed E-state index contributed by atoms with van der Waals surface area (Å²) in [5.74, 6) is 0.566. The van der Waals surface area contributed by atoms with Crippen LogP contribution in [0.25, 0.3) is 0 Å². The molecule has 0 spiro atoms. The van der Waals surface area contributed by atoms with Crippen LogP contribution in [0.15, 0.2) is 24.3 Å². The first-order valence-corrected chi connectivity index (χ1v) is 10.8. The van der Waals surface area contributed by atoms with E-state index in [4.69, 9.17) is 21.1 Å². The number of ether oxygens (including phenoxy) is 1. The standard InChI is InChI=1S/C16H18ClN3O3S2/c1-10-15(16(21)20-7-13(8-20)25(2,18)22)24-14(19-10)9-23-12-5-3-11(17)4-6-12/h3-6,13,18H,7-9H2,1-2H3. The number of aromatic nitrogens is 1. The van der Waals surface area contributed by atoms with Crippen molar-refractivity contribution in [1.82, 2.24) is 9.88 Å². The van der Waals surface area contributed by atoms with Crippen molar-refractivity contribution in [2.24, 2.45) is 0 Å². The second-order valence-corrected chi connectivity index (χ2v) is 10.00. The van der Waals surface area contributed by atoms with Gasteiger partial charge < -0.3 is 9.64 Å². The quantitative estimate of drug-likeness (QED) is 0.836. The number of benzene rings is 1. The van der Waals surface area contributed by atoms with Crippen molar-refractivity contribution in [2.75, 3.05) is 19.3 Å². The predicted molar refractivity (Wildman–Crippen MR) is 99.1 cm³/mol. The molecule has 1 amide bonds. The molecule has 1 aliphatic rings. The van der Waals surface area contributed by atoms with Crippen LogP contribution in [0.2, 0.25) is 5.02 Å². The lowest BCUT2D eigenvalue weighted by atomic mass is 10.2. The van der Waals surface area contributed by atoms with E-state index in [0.29, 0.717) is 39.4 Å². The molecular weight excluding hydrogens is 382 g/mol. The van der Waals surface area contributed by atoms with Gasteiger partial charge in [0.25, 0.3) is 5.91 Å². The van der Waals surface area contributed by atoms with Gasteiger partial charge in [0.15, 0.2) is 0 Å². The Hall–Kier alpha value is -1.64. The third-order valence-electron chi connectivity index (χ3n) is 3.98. The van der Waals surface area contributed by atoms with Gasteiger partial charge in [-0.05, 0) is 31.2 Å². The highest BCUT2D eigenvalue weighted by atomic mass is 35.5. The van der Waals surface area contributed by atoms with Crippen LogP contribution in [-0.2, 0) is 16.3 Å². The maximum Gasteiger partial charge on any atom is 0.265 e. The third kappa shape index (κ3) is 4.13. The summed E-state index contributed by atoms with van der Waals surface area (Å²) in [4.78, 5) is 19.1. The number of rotatable bonds is 5. The van der Waals surface area contributed by atoms with E-state index in [9.17, 15) is 9.00 Å². The Morgan fingerprint density at radius 1 is 1.44 bits per heavy atom. The van der Waals surface area contributed by atoms with Gasteiger partial charge in [-0.25, -0.2) is 9.19 Å². The lowest BCUT2D eigenvalue weighted by molar-refractivity contribution is 0.0665. The Morgan fingerprint density at radius 2 is 2.08 bits per heavy atom.